The molecule has 0 amide bonds. The molecule has 3 nitrogen and oxygen atoms in total. The van der Waals surface area contributed by atoms with Crippen LogP contribution in [-0.4, -0.2) is 9.97 Å². The van der Waals surface area contributed by atoms with E-state index in [1.807, 2.05) is 36.4 Å². The average Bonchev–Trinajstić information content (AvgIpc) is 3.68. The van der Waals surface area contributed by atoms with Crippen molar-refractivity contribution in [3.63, 3.8) is 0 Å². The minimum Gasteiger partial charge on any atom is -0.456 e. The Labute approximate surface area is 338 Å². The van der Waals surface area contributed by atoms with Gasteiger partial charge in [0.2, 0.25) is 0 Å². The van der Waals surface area contributed by atoms with Crippen molar-refractivity contribution >= 4 is 86.6 Å². The van der Waals surface area contributed by atoms with E-state index in [-0.39, 0.29) is 0 Å². The van der Waals surface area contributed by atoms with Gasteiger partial charge in [-0.15, -0.1) is 0 Å². The van der Waals surface area contributed by atoms with Crippen LogP contribution in [0.1, 0.15) is 0 Å². The second-order valence-corrected chi connectivity index (χ2v) is 15.7. The molecule has 3 heteroatoms. The number of fused-ring (bicyclic) bond motifs is 5. The highest BCUT2D eigenvalue weighted by Crippen LogP contribution is 2.44. The first kappa shape index (κ1) is 32.2. The van der Waals surface area contributed by atoms with Gasteiger partial charge in [-0.05, 0) is 118 Å². The molecule has 11 aromatic carbocycles. The second-order valence-electron chi connectivity index (χ2n) is 15.7. The van der Waals surface area contributed by atoms with Crippen LogP contribution in [0.3, 0.4) is 0 Å². The first-order valence-electron chi connectivity index (χ1n) is 20.1. The van der Waals surface area contributed by atoms with E-state index in [9.17, 15) is 0 Å². The van der Waals surface area contributed by atoms with Crippen LogP contribution in [0.25, 0.3) is 132 Å². The van der Waals surface area contributed by atoms with E-state index in [4.69, 9.17) is 14.4 Å². The van der Waals surface area contributed by atoms with Crippen LogP contribution in [0.2, 0.25) is 0 Å². The van der Waals surface area contributed by atoms with Gasteiger partial charge in [-0.2, -0.15) is 0 Å². The lowest BCUT2D eigenvalue weighted by atomic mass is 9.86. The van der Waals surface area contributed by atoms with Crippen molar-refractivity contribution in [2.24, 2.45) is 0 Å². The van der Waals surface area contributed by atoms with E-state index in [0.717, 1.165) is 55.6 Å². The van der Waals surface area contributed by atoms with Crippen LogP contribution in [0.4, 0.5) is 0 Å². The number of hydrogen-bond acceptors (Lipinski definition) is 3. The topological polar surface area (TPSA) is 38.9 Å². The third-order valence-electron chi connectivity index (χ3n) is 12.4. The lowest BCUT2D eigenvalue weighted by molar-refractivity contribution is 0.669. The third kappa shape index (κ3) is 4.89. The fourth-order valence-electron chi connectivity index (χ4n) is 9.63. The van der Waals surface area contributed by atoms with E-state index < -0.39 is 0 Å². The fourth-order valence-corrected chi connectivity index (χ4v) is 9.63. The molecule has 0 fully saturated rings. The van der Waals surface area contributed by atoms with Gasteiger partial charge in [0.25, 0.3) is 0 Å². The summed E-state index contributed by atoms with van der Waals surface area (Å²) in [7, 11) is 0. The maximum atomic E-state index is 6.16. The summed E-state index contributed by atoms with van der Waals surface area (Å²) in [6, 6.07) is 70.0. The average molecular weight is 749 g/mol. The summed E-state index contributed by atoms with van der Waals surface area (Å²) in [4.78, 5) is 10.3. The minimum atomic E-state index is 0.692. The zero-order chi connectivity index (χ0) is 38.6. The standard InChI is InChI=1S/C56H32N2O/c1-2-9-38(10-3-1)56-57-48(32-49(58-56)39-27-28-51-46(30-39)42-14-4-5-18-50(42)59-51)34-21-19-33(20-22-34)41-29-40-26-25-37-12-7-16-44-43-15-6-11-35-23-24-36-13-8-17-45(54(36)52(35)43)47(31-41)55(40)53(37)44/h1-32H. The van der Waals surface area contributed by atoms with Crippen molar-refractivity contribution in [2.75, 3.05) is 0 Å². The van der Waals surface area contributed by atoms with Crippen LogP contribution >= 0.6 is 0 Å². The highest BCUT2D eigenvalue weighted by Gasteiger charge is 2.18. The zero-order valence-electron chi connectivity index (χ0n) is 31.8. The molecular weight excluding hydrogens is 717 g/mol. The third-order valence-corrected chi connectivity index (χ3v) is 12.4. The van der Waals surface area contributed by atoms with Crippen molar-refractivity contribution in [2.45, 2.75) is 0 Å². The van der Waals surface area contributed by atoms with Gasteiger partial charge in [-0.3, -0.25) is 0 Å². The smallest absolute Gasteiger partial charge is 0.160 e. The SMILES string of the molecule is c1ccc(-c2nc(-c3ccc(-c4cc5ccc6cccc7c8cccc9ccc%10cccc(c(c4)c5c67)c%10c98)cc3)cc(-c3ccc4oc5ccccc5c4c3)n2)cc1. The van der Waals surface area contributed by atoms with Crippen molar-refractivity contribution in [1.29, 1.82) is 0 Å². The van der Waals surface area contributed by atoms with Gasteiger partial charge in [0.15, 0.2) is 5.82 Å². The zero-order valence-corrected chi connectivity index (χ0v) is 31.8. The molecule has 13 rings (SSSR count). The number of furan rings is 1. The Morgan fingerprint density at radius 2 is 0.780 bits per heavy atom. The normalized spacial score (nSPS) is 12.1. The number of aromatic nitrogens is 2. The molecule has 2 heterocycles. The summed E-state index contributed by atoms with van der Waals surface area (Å²) in [5, 5.41) is 17.6. The van der Waals surface area contributed by atoms with Gasteiger partial charge < -0.3 is 4.42 Å². The van der Waals surface area contributed by atoms with Gasteiger partial charge in [0.1, 0.15) is 11.2 Å². The van der Waals surface area contributed by atoms with Gasteiger partial charge in [-0.1, -0.05) is 152 Å². The number of hydrogen-bond donors (Lipinski definition) is 0. The molecule has 0 spiro atoms. The second kappa shape index (κ2) is 12.3. The molecule has 0 N–H and O–H groups in total. The molecule has 0 saturated heterocycles. The lowest BCUT2D eigenvalue weighted by Gasteiger charge is -2.17. The van der Waals surface area contributed by atoms with E-state index >= 15 is 0 Å². The Balaban J connectivity index is 1.00. The first-order valence-corrected chi connectivity index (χ1v) is 20.1. The number of rotatable bonds is 4. The van der Waals surface area contributed by atoms with E-state index in [1.54, 1.807) is 0 Å². The van der Waals surface area contributed by atoms with E-state index in [1.165, 1.54) is 70.2 Å². The van der Waals surface area contributed by atoms with Gasteiger partial charge >= 0.3 is 0 Å². The highest BCUT2D eigenvalue weighted by molar-refractivity contribution is 6.37. The maximum absolute atomic E-state index is 6.16. The molecule has 0 saturated carbocycles. The molecule has 0 aliphatic rings. The van der Waals surface area contributed by atoms with Crippen molar-refractivity contribution in [1.82, 2.24) is 9.97 Å². The lowest BCUT2D eigenvalue weighted by Crippen LogP contribution is -1.96. The van der Waals surface area contributed by atoms with Gasteiger partial charge in [0.05, 0.1) is 11.4 Å². The highest BCUT2D eigenvalue weighted by atomic mass is 16.3. The largest absolute Gasteiger partial charge is 0.456 e. The molecule has 0 bridgehead atoms. The molecule has 0 aliphatic heterocycles. The summed E-state index contributed by atoms with van der Waals surface area (Å²) in [5.74, 6) is 0.692. The van der Waals surface area contributed by atoms with Gasteiger partial charge in [0, 0.05) is 27.5 Å². The molecule has 59 heavy (non-hydrogen) atoms. The molecule has 0 aliphatic carbocycles. The molecule has 0 unspecified atom stereocenters. The Hall–Kier alpha value is -7.88. The quantitative estimate of drug-likeness (QED) is 0.168. The Bertz CT molecular complexity index is 3820. The van der Waals surface area contributed by atoms with Crippen molar-refractivity contribution in [3.05, 3.63) is 194 Å². The van der Waals surface area contributed by atoms with Crippen LogP contribution < -0.4 is 0 Å². The number of benzene rings is 10. The molecule has 272 valence electrons. The van der Waals surface area contributed by atoms with Crippen molar-refractivity contribution < 1.29 is 4.42 Å². The maximum Gasteiger partial charge on any atom is 0.160 e. The summed E-state index contributed by atoms with van der Waals surface area (Å²) in [6.45, 7) is 0. The fraction of sp³-hybridized carbons (Fsp3) is 0. The van der Waals surface area contributed by atoms with Crippen LogP contribution in [-0.2, 0) is 0 Å². The summed E-state index contributed by atoms with van der Waals surface area (Å²) < 4.78 is 6.16. The minimum absolute atomic E-state index is 0.692. The Morgan fingerprint density at radius 3 is 1.47 bits per heavy atom. The molecular formula is C56H32N2O. The summed E-state index contributed by atoms with van der Waals surface area (Å²) in [6.07, 6.45) is 0. The van der Waals surface area contributed by atoms with E-state index in [0.29, 0.717) is 5.82 Å². The van der Waals surface area contributed by atoms with Crippen molar-refractivity contribution in [3.8, 4) is 45.0 Å². The summed E-state index contributed by atoms with van der Waals surface area (Å²) >= 11 is 0. The molecule has 0 radical (unpaired) electrons. The Kier molecular flexibility index (Phi) is 6.72. The predicted molar refractivity (Wildman–Crippen MR) is 247 cm³/mol. The Morgan fingerprint density at radius 1 is 0.271 bits per heavy atom. The molecule has 0 atom stereocenters. The number of para-hydroxylation sites is 1. The number of nitrogens with zero attached hydrogens (tertiary/aromatic N) is 2. The van der Waals surface area contributed by atoms with Crippen LogP contribution in [0, 0.1) is 0 Å². The monoisotopic (exact) mass is 748 g/mol. The summed E-state index contributed by atoms with van der Waals surface area (Å²) in [5.41, 5.74) is 8.84. The van der Waals surface area contributed by atoms with Crippen LogP contribution in [0.15, 0.2) is 199 Å². The predicted octanol–water partition coefficient (Wildman–Crippen LogP) is 15.4. The van der Waals surface area contributed by atoms with Crippen LogP contribution in [0.5, 0.6) is 0 Å². The van der Waals surface area contributed by atoms with E-state index in [2.05, 4.69) is 158 Å². The molecule has 2 aromatic heterocycles. The first-order chi connectivity index (χ1) is 29.2. The molecule has 13 aromatic rings. The van der Waals surface area contributed by atoms with Gasteiger partial charge in [-0.25, -0.2) is 9.97 Å².